The summed E-state index contributed by atoms with van der Waals surface area (Å²) in [6.07, 6.45) is 0. The van der Waals surface area contributed by atoms with Crippen LogP contribution < -0.4 is 5.32 Å². The number of rotatable bonds is 3. The van der Waals surface area contributed by atoms with Gasteiger partial charge in [0.2, 0.25) is 0 Å². The minimum Gasteiger partial charge on any atom is -0.478 e. The summed E-state index contributed by atoms with van der Waals surface area (Å²) in [6, 6.07) is 6.47. The molecule has 0 saturated carbocycles. The molecule has 2 N–H and O–H groups in total. The van der Waals surface area contributed by atoms with E-state index in [1.165, 1.54) is 0 Å². The highest BCUT2D eigenvalue weighted by Gasteiger charge is 2.37. The van der Waals surface area contributed by atoms with Crippen molar-refractivity contribution >= 4 is 12.0 Å². The zero-order chi connectivity index (χ0) is 15.6. The largest absolute Gasteiger partial charge is 0.478 e. The fraction of sp³-hybridized carbons (Fsp3) is 0.500. The van der Waals surface area contributed by atoms with Crippen molar-refractivity contribution in [1.82, 2.24) is 10.2 Å². The lowest BCUT2D eigenvalue weighted by Crippen LogP contribution is -2.57. The van der Waals surface area contributed by atoms with Crippen LogP contribution in [-0.4, -0.2) is 35.1 Å². The van der Waals surface area contributed by atoms with Crippen LogP contribution in [0.5, 0.6) is 0 Å². The van der Waals surface area contributed by atoms with Crippen LogP contribution in [-0.2, 0) is 6.54 Å². The van der Waals surface area contributed by atoms with Crippen molar-refractivity contribution in [3.8, 4) is 0 Å². The third-order valence-corrected chi connectivity index (χ3v) is 4.04. The highest BCUT2D eigenvalue weighted by Crippen LogP contribution is 2.33. The summed E-state index contributed by atoms with van der Waals surface area (Å²) in [4.78, 5) is 24.5. The zero-order valence-electron chi connectivity index (χ0n) is 12.7. The molecule has 1 heterocycles. The number of urea groups is 1. The number of hydrogen-bond donors (Lipinski definition) is 2. The average molecular weight is 290 g/mol. The molecule has 5 nitrogen and oxygen atoms in total. The maximum atomic E-state index is 12.0. The maximum Gasteiger partial charge on any atom is 0.335 e. The normalized spacial score (nSPS) is 15.5. The van der Waals surface area contributed by atoms with Gasteiger partial charge in [0.05, 0.1) is 5.56 Å². The Balaban J connectivity index is 1.79. The van der Waals surface area contributed by atoms with E-state index in [4.69, 9.17) is 5.11 Å². The number of benzene rings is 1. The van der Waals surface area contributed by atoms with Gasteiger partial charge in [0.15, 0.2) is 0 Å². The van der Waals surface area contributed by atoms with E-state index in [9.17, 15) is 9.59 Å². The summed E-state index contributed by atoms with van der Waals surface area (Å²) in [5.41, 5.74) is 1.38. The molecule has 0 atom stereocenters. The van der Waals surface area contributed by atoms with Gasteiger partial charge in [0, 0.05) is 19.6 Å². The first-order valence-electron chi connectivity index (χ1n) is 7.12. The minimum absolute atomic E-state index is 0.0576. The Kier molecular flexibility index (Phi) is 4.21. The summed E-state index contributed by atoms with van der Waals surface area (Å²) in [6.45, 7) is 8.58. The number of amides is 2. The Bertz CT molecular complexity index is 525. The molecule has 0 bridgehead atoms. The molecule has 0 aliphatic carbocycles. The first-order chi connectivity index (χ1) is 9.77. The van der Waals surface area contributed by atoms with Gasteiger partial charge in [-0.15, -0.1) is 0 Å². The van der Waals surface area contributed by atoms with E-state index in [0.29, 0.717) is 12.5 Å². The van der Waals surface area contributed by atoms with E-state index in [-0.39, 0.29) is 17.0 Å². The molecule has 0 unspecified atom stereocenters. The molecule has 1 saturated heterocycles. The molecule has 5 heteroatoms. The van der Waals surface area contributed by atoms with Crippen LogP contribution in [0, 0.1) is 11.3 Å². The Morgan fingerprint density at radius 2 is 1.81 bits per heavy atom. The van der Waals surface area contributed by atoms with Gasteiger partial charge in [-0.3, -0.25) is 0 Å². The topological polar surface area (TPSA) is 69.6 Å². The number of nitrogens with zero attached hydrogens (tertiary/aromatic N) is 1. The van der Waals surface area contributed by atoms with Crippen LogP contribution in [0.2, 0.25) is 0 Å². The van der Waals surface area contributed by atoms with Gasteiger partial charge in [-0.25, -0.2) is 9.59 Å². The van der Waals surface area contributed by atoms with Crippen LogP contribution in [0.1, 0.15) is 36.7 Å². The molecule has 1 aliphatic heterocycles. The van der Waals surface area contributed by atoms with Crippen LogP contribution in [0.4, 0.5) is 4.79 Å². The molecule has 2 rings (SSSR count). The molecular weight excluding hydrogens is 268 g/mol. The predicted octanol–water partition coefficient (Wildman–Crippen LogP) is 2.57. The second kappa shape index (κ2) is 5.76. The number of carbonyl (C=O) groups is 2. The molecule has 1 aromatic rings. The lowest BCUT2D eigenvalue weighted by molar-refractivity contribution is 0.0515. The van der Waals surface area contributed by atoms with Crippen molar-refractivity contribution in [3.63, 3.8) is 0 Å². The van der Waals surface area contributed by atoms with E-state index in [1.807, 2.05) is 4.90 Å². The van der Waals surface area contributed by atoms with E-state index in [1.54, 1.807) is 24.3 Å². The lowest BCUT2D eigenvalue weighted by Gasteiger charge is -2.46. The first kappa shape index (κ1) is 15.4. The number of hydrogen-bond acceptors (Lipinski definition) is 2. The molecule has 21 heavy (non-hydrogen) atoms. The molecule has 0 radical (unpaired) electrons. The van der Waals surface area contributed by atoms with E-state index < -0.39 is 5.97 Å². The summed E-state index contributed by atoms with van der Waals surface area (Å²) in [5.74, 6) is -0.391. The molecule has 1 aliphatic rings. The fourth-order valence-electron chi connectivity index (χ4n) is 2.25. The Morgan fingerprint density at radius 1 is 1.24 bits per heavy atom. The molecular formula is C16H22N2O3. The molecule has 0 spiro atoms. The molecule has 114 valence electrons. The number of carboxylic acids is 1. The second-order valence-corrected chi connectivity index (χ2v) is 6.63. The predicted molar refractivity (Wildman–Crippen MR) is 80.2 cm³/mol. The van der Waals surface area contributed by atoms with Crippen LogP contribution in [0.3, 0.4) is 0 Å². The Labute approximate surface area is 125 Å². The second-order valence-electron chi connectivity index (χ2n) is 6.63. The number of likely N-dealkylation sites (tertiary alicyclic amines) is 1. The zero-order valence-corrected chi connectivity index (χ0v) is 12.7. The number of carboxylic acid groups (broad SMARTS) is 1. The van der Waals surface area contributed by atoms with Gasteiger partial charge < -0.3 is 15.3 Å². The quantitative estimate of drug-likeness (QED) is 0.899. The SMILES string of the molecule is CC(C)(C)C1CN(C(=O)NCc2ccc(C(=O)O)cc2)C1. The standard InChI is InChI=1S/C16H22N2O3/c1-16(2,3)13-9-18(10-13)15(21)17-8-11-4-6-12(7-5-11)14(19)20/h4-7,13H,8-10H2,1-3H3,(H,17,21)(H,19,20). The molecule has 0 aromatic heterocycles. The highest BCUT2D eigenvalue weighted by molar-refractivity contribution is 5.87. The van der Waals surface area contributed by atoms with Gasteiger partial charge in [-0.05, 0) is 29.0 Å². The minimum atomic E-state index is -0.945. The summed E-state index contributed by atoms with van der Waals surface area (Å²) in [7, 11) is 0. The first-order valence-corrected chi connectivity index (χ1v) is 7.12. The molecule has 1 fully saturated rings. The molecule has 1 aromatic carbocycles. The fourth-order valence-corrected chi connectivity index (χ4v) is 2.25. The van der Waals surface area contributed by atoms with E-state index >= 15 is 0 Å². The van der Waals surface area contributed by atoms with Gasteiger partial charge >= 0.3 is 12.0 Å². The van der Waals surface area contributed by atoms with Crippen molar-refractivity contribution in [2.45, 2.75) is 27.3 Å². The third-order valence-electron chi connectivity index (χ3n) is 4.04. The monoisotopic (exact) mass is 290 g/mol. The van der Waals surface area contributed by atoms with Gasteiger partial charge in [-0.2, -0.15) is 0 Å². The Hall–Kier alpha value is -2.04. The van der Waals surface area contributed by atoms with Crippen LogP contribution >= 0.6 is 0 Å². The summed E-state index contributed by atoms with van der Waals surface area (Å²) < 4.78 is 0. The average Bonchev–Trinajstić information content (AvgIpc) is 2.33. The van der Waals surface area contributed by atoms with Crippen LogP contribution in [0.25, 0.3) is 0 Å². The van der Waals surface area contributed by atoms with Gasteiger partial charge in [0.1, 0.15) is 0 Å². The maximum absolute atomic E-state index is 12.0. The summed E-state index contributed by atoms with van der Waals surface area (Å²) >= 11 is 0. The van der Waals surface area contributed by atoms with Crippen LogP contribution in [0.15, 0.2) is 24.3 Å². The third kappa shape index (κ3) is 3.74. The van der Waals surface area contributed by atoms with E-state index in [2.05, 4.69) is 26.1 Å². The molecule has 2 amide bonds. The highest BCUT2D eigenvalue weighted by atomic mass is 16.4. The van der Waals surface area contributed by atoms with Crippen molar-refractivity contribution in [2.75, 3.05) is 13.1 Å². The number of carbonyl (C=O) groups excluding carboxylic acids is 1. The number of nitrogens with one attached hydrogen (secondary N) is 1. The number of aromatic carboxylic acids is 1. The lowest BCUT2D eigenvalue weighted by atomic mass is 9.76. The van der Waals surface area contributed by atoms with Crippen molar-refractivity contribution in [3.05, 3.63) is 35.4 Å². The smallest absolute Gasteiger partial charge is 0.335 e. The van der Waals surface area contributed by atoms with Crippen molar-refractivity contribution < 1.29 is 14.7 Å². The van der Waals surface area contributed by atoms with Crippen molar-refractivity contribution in [1.29, 1.82) is 0 Å². The summed E-state index contributed by atoms with van der Waals surface area (Å²) in [5, 5.41) is 11.7. The van der Waals surface area contributed by atoms with Crippen molar-refractivity contribution in [2.24, 2.45) is 11.3 Å². The van der Waals surface area contributed by atoms with Gasteiger partial charge in [0.25, 0.3) is 0 Å². The van der Waals surface area contributed by atoms with Gasteiger partial charge in [-0.1, -0.05) is 32.9 Å². The Morgan fingerprint density at radius 3 is 2.29 bits per heavy atom. The van der Waals surface area contributed by atoms with E-state index in [0.717, 1.165) is 18.7 Å².